The van der Waals surface area contributed by atoms with E-state index in [0.29, 0.717) is 6.42 Å². The van der Waals surface area contributed by atoms with Crippen molar-refractivity contribution in [2.24, 2.45) is 0 Å². The Hall–Kier alpha value is -2.82. The van der Waals surface area contributed by atoms with Crippen LogP contribution in [0.25, 0.3) is 0 Å². The zero-order valence-corrected chi connectivity index (χ0v) is 18.1. The SMILES string of the molecule is COc1cccc(CCc2ccccc2OCC(O)CC2NCCc3ccccc32)c1. The van der Waals surface area contributed by atoms with Crippen LogP contribution >= 0.6 is 0 Å². The highest BCUT2D eigenvalue weighted by molar-refractivity contribution is 5.36. The summed E-state index contributed by atoms with van der Waals surface area (Å²) >= 11 is 0. The first-order valence-corrected chi connectivity index (χ1v) is 11.1. The lowest BCUT2D eigenvalue weighted by atomic mass is 9.91. The Morgan fingerprint density at radius 1 is 1.00 bits per heavy atom. The van der Waals surface area contributed by atoms with Crippen LogP contribution in [0.3, 0.4) is 0 Å². The van der Waals surface area contributed by atoms with Gasteiger partial charge in [-0.25, -0.2) is 0 Å². The number of nitrogens with one attached hydrogen (secondary N) is 1. The fourth-order valence-corrected chi connectivity index (χ4v) is 4.29. The van der Waals surface area contributed by atoms with Crippen molar-refractivity contribution in [1.82, 2.24) is 5.32 Å². The van der Waals surface area contributed by atoms with Gasteiger partial charge in [-0.05, 0) is 72.7 Å². The van der Waals surface area contributed by atoms with Gasteiger partial charge in [-0.15, -0.1) is 0 Å². The van der Waals surface area contributed by atoms with E-state index in [1.165, 1.54) is 16.7 Å². The van der Waals surface area contributed by atoms with Crippen molar-refractivity contribution in [3.8, 4) is 11.5 Å². The van der Waals surface area contributed by atoms with Crippen molar-refractivity contribution in [2.45, 2.75) is 37.8 Å². The number of hydrogen-bond acceptors (Lipinski definition) is 4. The van der Waals surface area contributed by atoms with Gasteiger partial charge in [0.05, 0.1) is 13.2 Å². The molecule has 0 aliphatic carbocycles. The molecular formula is C27H31NO3. The number of aryl methyl sites for hydroxylation is 2. The van der Waals surface area contributed by atoms with Crippen molar-refractivity contribution in [3.05, 3.63) is 95.1 Å². The Bertz CT molecular complexity index is 987. The molecule has 2 atom stereocenters. The summed E-state index contributed by atoms with van der Waals surface area (Å²) in [5.41, 5.74) is 5.06. The van der Waals surface area contributed by atoms with Gasteiger partial charge in [-0.2, -0.15) is 0 Å². The van der Waals surface area contributed by atoms with E-state index >= 15 is 0 Å². The third-order valence-corrected chi connectivity index (χ3v) is 5.94. The molecule has 2 unspecified atom stereocenters. The highest BCUT2D eigenvalue weighted by atomic mass is 16.5. The van der Waals surface area contributed by atoms with Gasteiger partial charge in [0.15, 0.2) is 0 Å². The second-order valence-electron chi connectivity index (χ2n) is 8.12. The van der Waals surface area contributed by atoms with Crippen LogP contribution in [0.1, 0.15) is 34.7 Å². The predicted molar refractivity (Wildman–Crippen MR) is 124 cm³/mol. The fourth-order valence-electron chi connectivity index (χ4n) is 4.29. The number of para-hydroxylation sites is 1. The van der Waals surface area contributed by atoms with Crippen LogP contribution in [0.5, 0.6) is 11.5 Å². The Morgan fingerprint density at radius 3 is 2.74 bits per heavy atom. The predicted octanol–water partition coefficient (Wildman–Crippen LogP) is 4.50. The quantitative estimate of drug-likeness (QED) is 0.538. The van der Waals surface area contributed by atoms with Gasteiger partial charge in [-0.1, -0.05) is 54.6 Å². The Labute approximate surface area is 184 Å². The second kappa shape index (κ2) is 10.5. The van der Waals surface area contributed by atoms with Crippen LogP contribution in [-0.2, 0) is 19.3 Å². The first-order valence-electron chi connectivity index (χ1n) is 11.1. The van der Waals surface area contributed by atoms with Gasteiger partial charge in [0, 0.05) is 6.04 Å². The highest BCUT2D eigenvalue weighted by Gasteiger charge is 2.22. The lowest BCUT2D eigenvalue weighted by molar-refractivity contribution is 0.0888. The Kier molecular flexibility index (Phi) is 7.23. The number of hydrogen-bond donors (Lipinski definition) is 2. The summed E-state index contributed by atoms with van der Waals surface area (Å²) in [7, 11) is 1.69. The molecule has 0 fully saturated rings. The van der Waals surface area contributed by atoms with Gasteiger partial charge in [0.2, 0.25) is 0 Å². The topological polar surface area (TPSA) is 50.7 Å². The molecule has 0 saturated carbocycles. The van der Waals surface area contributed by atoms with Crippen molar-refractivity contribution < 1.29 is 14.6 Å². The van der Waals surface area contributed by atoms with Crippen molar-refractivity contribution >= 4 is 0 Å². The van der Waals surface area contributed by atoms with Crippen molar-refractivity contribution in [1.29, 1.82) is 0 Å². The van der Waals surface area contributed by atoms with E-state index in [-0.39, 0.29) is 12.6 Å². The number of aliphatic hydroxyl groups is 1. The van der Waals surface area contributed by atoms with E-state index in [1.54, 1.807) is 7.11 Å². The minimum atomic E-state index is -0.532. The molecule has 0 radical (unpaired) electrons. The molecule has 0 spiro atoms. The summed E-state index contributed by atoms with van der Waals surface area (Å²) in [6.45, 7) is 1.24. The molecule has 0 amide bonds. The highest BCUT2D eigenvalue weighted by Crippen LogP contribution is 2.27. The second-order valence-corrected chi connectivity index (χ2v) is 8.12. The summed E-state index contributed by atoms with van der Waals surface area (Å²) in [6.07, 6.45) is 2.93. The molecule has 4 nitrogen and oxygen atoms in total. The number of methoxy groups -OCH3 is 1. The zero-order chi connectivity index (χ0) is 21.5. The lowest BCUT2D eigenvalue weighted by Gasteiger charge is -2.28. The fraction of sp³-hybridized carbons (Fsp3) is 0.333. The van der Waals surface area contributed by atoms with Crippen LogP contribution < -0.4 is 14.8 Å². The van der Waals surface area contributed by atoms with E-state index < -0.39 is 6.10 Å². The van der Waals surface area contributed by atoms with Crippen LogP contribution in [-0.4, -0.2) is 31.5 Å². The number of fused-ring (bicyclic) bond motifs is 1. The smallest absolute Gasteiger partial charge is 0.122 e. The third kappa shape index (κ3) is 5.66. The van der Waals surface area contributed by atoms with Gasteiger partial charge in [0.25, 0.3) is 0 Å². The molecule has 31 heavy (non-hydrogen) atoms. The van der Waals surface area contributed by atoms with E-state index in [0.717, 1.165) is 42.9 Å². The summed E-state index contributed by atoms with van der Waals surface area (Å²) in [6, 6.07) is 24.9. The molecule has 1 heterocycles. The van der Waals surface area contributed by atoms with E-state index in [1.807, 2.05) is 30.3 Å². The molecule has 3 aromatic carbocycles. The summed E-state index contributed by atoms with van der Waals surface area (Å²) in [5.74, 6) is 1.73. The maximum absolute atomic E-state index is 10.7. The van der Waals surface area contributed by atoms with Crippen LogP contribution in [0.15, 0.2) is 72.8 Å². The van der Waals surface area contributed by atoms with E-state index in [9.17, 15) is 5.11 Å². The van der Waals surface area contributed by atoms with Crippen molar-refractivity contribution in [2.75, 3.05) is 20.3 Å². The first kappa shape index (κ1) is 21.4. The number of aliphatic hydroxyl groups excluding tert-OH is 1. The minimum Gasteiger partial charge on any atom is -0.497 e. The molecule has 2 N–H and O–H groups in total. The summed E-state index contributed by atoms with van der Waals surface area (Å²) in [4.78, 5) is 0. The van der Waals surface area contributed by atoms with E-state index in [2.05, 4.69) is 47.8 Å². The molecular weight excluding hydrogens is 386 g/mol. The average molecular weight is 418 g/mol. The lowest BCUT2D eigenvalue weighted by Crippen LogP contribution is -2.33. The van der Waals surface area contributed by atoms with Gasteiger partial charge in [0.1, 0.15) is 18.1 Å². The van der Waals surface area contributed by atoms with E-state index in [4.69, 9.17) is 9.47 Å². The molecule has 1 aliphatic heterocycles. The van der Waals surface area contributed by atoms with Crippen LogP contribution in [0, 0.1) is 0 Å². The maximum Gasteiger partial charge on any atom is 0.122 e. The first-order chi connectivity index (χ1) is 15.2. The summed E-state index contributed by atoms with van der Waals surface area (Å²) in [5, 5.41) is 14.2. The normalized spacial score (nSPS) is 16.4. The monoisotopic (exact) mass is 417 g/mol. The number of benzene rings is 3. The molecule has 0 saturated heterocycles. The molecule has 4 rings (SSSR count). The average Bonchev–Trinajstić information content (AvgIpc) is 2.82. The molecule has 4 heteroatoms. The molecule has 1 aliphatic rings. The summed E-state index contributed by atoms with van der Waals surface area (Å²) < 4.78 is 11.4. The number of rotatable bonds is 9. The van der Waals surface area contributed by atoms with Gasteiger partial charge < -0.3 is 19.9 Å². The molecule has 162 valence electrons. The maximum atomic E-state index is 10.7. The number of ether oxygens (including phenoxy) is 2. The third-order valence-electron chi connectivity index (χ3n) is 5.94. The molecule has 0 bridgehead atoms. The molecule has 3 aromatic rings. The van der Waals surface area contributed by atoms with Crippen LogP contribution in [0.4, 0.5) is 0 Å². The zero-order valence-electron chi connectivity index (χ0n) is 18.1. The van der Waals surface area contributed by atoms with Gasteiger partial charge >= 0.3 is 0 Å². The minimum absolute atomic E-state index is 0.173. The van der Waals surface area contributed by atoms with Gasteiger partial charge in [-0.3, -0.25) is 0 Å². The standard InChI is InChI=1S/C27H31NO3/c1-30-24-10-6-7-20(17-24)13-14-22-9-3-5-12-27(22)31-19-23(29)18-26-25-11-4-2-8-21(25)15-16-28-26/h2-12,17,23,26,28-29H,13-16,18-19H2,1H3. The Balaban J connectivity index is 1.34. The van der Waals surface area contributed by atoms with Crippen molar-refractivity contribution in [3.63, 3.8) is 0 Å². The van der Waals surface area contributed by atoms with Crippen LogP contribution in [0.2, 0.25) is 0 Å². The molecule has 0 aromatic heterocycles. The largest absolute Gasteiger partial charge is 0.497 e. The Morgan fingerprint density at radius 2 is 1.84 bits per heavy atom.